The van der Waals surface area contributed by atoms with Crippen molar-refractivity contribution in [3.63, 3.8) is 0 Å². The average Bonchev–Trinajstić information content (AvgIpc) is 2.94. The summed E-state index contributed by atoms with van der Waals surface area (Å²) in [7, 11) is -2.61. The van der Waals surface area contributed by atoms with Gasteiger partial charge in [0, 0.05) is 18.1 Å². The lowest BCUT2D eigenvalue weighted by atomic mass is 10.1. The molecular weight excluding hydrogens is 562 g/mol. The fraction of sp³-hybridized carbons (Fsp3) is 0.355. The lowest BCUT2D eigenvalue weighted by Gasteiger charge is -2.32. The van der Waals surface area contributed by atoms with Crippen LogP contribution < -0.4 is 14.4 Å². The van der Waals surface area contributed by atoms with Crippen LogP contribution in [0.1, 0.15) is 37.5 Å². The molecule has 10 heteroatoms. The van der Waals surface area contributed by atoms with Gasteiger partial charge < -0.3 is 15.0 Å². The number of hydrogen-bond acceptors (Lipinski definition) is 5. The number of sulfonamides is 1. The molecule has 3 rings (SSSR count). The number of carbonyl (C=O) groups excluding carboxylic acids is 2. The van der Waals surface area contributed by atoms with Crippen molar-refractivity contribution >= 4 is 39.1 Å². The third-order valence-corrected chi connectivity index (χ3v) is 8.89. The maximum absolute atomic E-state index is 14.0. The number of rotatable bonds is 12. The molecule has 3 aromatic carbocycles. The van der Waals surface area contributed by atoms with E-state index in [4.69, 9.17) is 16.3 Å². The first kappa shape index (κ1) is 32.0. The molecule has 0 aliphatic heterocycles. The number of nitrogens with one attached hydrogen (secondary N) is 1. The molecule has 0 aromatic heterocycles. The average molecular weight is 600 g/mol. The van der Waals surface area contributed by atoms with Gasteiger partial charge in [-0.05, 0) is 74.2 Å². The first-order valence-corrected chi connectivity index (χ1v) is 15.2. The molecule has 0 fully saturated rings. The van der Waals surface area contributed by atoms with Gasteiger partial charge in [-0.2, -0.15) is 0 Å². The van der Waals surface area contributed by atoms with E-state index in [2.05, 4.69) is 5.32 Å². The van der Waals surface area contributed by atoms with Gasteiger partial charge in [0.2, 0.25) is 11.8 Å². The summed E-state index contributed by atoms with van der Waals surface area (Å²) in [5.74, 6) is 0.00608. The van der Waals surface area contributed by atoms with Gasteiger partial charge >= 0.3 is 0 Å². The Hall–Kier alpha value is -3.56. The van der Waals surface area contributed by atoms with E-state index in [0.29, 0.717) is 17.3 Å². The highest BCUT2D eigenvalue weighted by molar-refractivity contribution is 7.92. The number of amides is 2. The number of benzene rings is 3. The molecule has 8 nitrogen and oxygen atoms in total. The number of methoxy groups -OCH3 is 1. The fourth-order valence-electron chi connectivity index (χ4n) is 4.07. The third-order valence-electron chi connectivity index (χ3n) is 6.70. The second-order valence-corrected chi connectivity index (χ2v) is 12.7. The van der Waals surface area contributed by atoms with Crippen LogP contribution in [0.15, 0.2) is 71.6 Å². The summed E-state index contributed by atoms with van der Waals surface area (Å²) in [6.45, 7) is 9.27. The summed E-state index contributed by atoms with van der Waals surface area (Å²) in [5, 5.41) is 3.25. The minimum Gasteiger partial charge on any atom is -0.497 e. The van der Waals surface area contributed by atoms with Crippen LogP contribution in [0.4, 0.5) is 5.69 Å². The number of carbonyl (C=O) groups is 2. The Morgan fingerprint density at radius 2 is 1.59 bits per heavy atom. The molecule has 0 saturated heterocycles. The zero-order valence-corrected chi connectivity index (χ0v) is 25.9. The molecule has 0 saturated carbocycles. The molecule has 1 atom stereocenters. The molecule has 0 aliphatic rings. The van der Waals surface area contributed by atoms with Crippen molar-refractivity contribution in [3.8, 4) is 5.75 Å². The van der Waals surface area contributed by atoms with E-state index < -0.39 is 28.5 Å². The molecule has 1 N–H and O–H groups in total. The van der Waals surface area contributed by atoms with Crippen molar-refractivity contribution in [2.45, 2.75) is 52.1 Å². The maximum Gasteiger partial charge on any atom is 0.264 e. The number of anilines is 1. The minimum atomic E-state index is -4.17. The van der Waals surface area contributed by atoms with Crippen LogP contribution >= 0.6 is 11.6 Å². The highest BCUT2D eigenvalue weighted by Crippen LogP contribution is 2.29. The van der Waals surface area contributed by atoms with E-state index in [1.54, 1.807) is 62.6 Å². The highest BCUT2D eigenvalue weighted by Gasteiger charge is 2.32. The molecule has 0 spiro atoms. The molecule has 0 radical (unpaired) electrons. The lowest BCUT2D eigenvalue weighted by molar-refractivity contribution is -0.139. The lowest BCUT2D eigenvalue weighted by Crippen LogP contribution is -2.51. The Labute approximate surface area is 248 Å². The topological polar surface area (TPSA) is 96.0 Å². The SMILES string of the molecule is COc1ccc(CN(C(=O)CN(c2ccc(C)c(Cl)c2)S(=O)(=O)c2ccc(C)cc2)[C@H](C)C(=O)NCC(C)C)cc1. The Morgan fingerprint density at radius 3 is 2.15 bits per heavy atom. The van der Waals surface area contributed by atoms with Crippen molar-refractivity contribution in [2.75, 3.05) is 24.5 Å². The zero-order chi connectivity index (χ0) is 30.3. The zero-order valence-electron chi connectivity index (χ0n) is 24.3. The number of hydrogen-bond donors (Lipinski definition) is 1. The summed E-state index contributed by atoms with van der Waals surface area (Å²) < 4.78 is 34.1. The molecular formula is C31H38ClN3O5S. The van der Waals surface area contributed by atoms with Gasteiger partial charge in [0.1, 0.15) is 18.3 Å². The maximum atomic E-state index is 14.0. The molecule has 220 valence electrons. The molecule has 3 aromatic rings. The Kier molecular flexibility index (Phi) is 10.8. The Balaban J connectivity index is 2.03. The van der Waals surface area contributed by atoms with Gasteiger partial charge in [0.05, 0.1) is 17.7 Å². The van der Waals surface area contributed by atoms with Crippen LogP contribution in [-0.2, 0) is 26.2 Å². The predicted octanol–water partition coefficient (Wildman–Crippen LogP) is 5.35. The van der Waals surface area contributed by atoms with Gasteiger partial charge in [-0.3, -0.25) is 13.9 Å². The predicted molar refractivity (Wildman–Crippen MR) is 163 cm³/mol. The van der Waals surface area contributed by atoms with E-state index in [1.807, 2.05) is 27.7 Å². The van der Waals surface area contributed by atoms with Crippen molar-refractivity contribution < 1.29 is 22.7 Å². The van der Waals surface area contributed by atoms with E-state index in [-0.39, 0.29) is 29.0 Å². The van der Waals surface area contributed by atoms with Crippen molar-refractivity contribution in [1.82, 2.24) is 10.2 Å². The van der Waals surface area contributed by atoms with Crippen LogP contribution in [0.25, 0.3) is 0 Å². The molecule has 0 bridgehead atoms. The summed E-state index contributed by atoms with van der Waals surface area (Å²) in [6.07, 6.45) is 0. The first-order chi connectivity index (χ1) is 19.3. The van der Waals surface area contributed by atoms with Crippen LogP contribution in [0.3, 0.4) is 0 Å². The van der Waals surface area contributed by atoms with Crippen LogP contribution in [0, 0.1) is 19.8 Å². The molecule has 0 heterocycles. The van der Waals surface area contributed by atoms with Crippen molar-refractivity contribution in [1.29, 1.82) is 0 Å². The standard InChI is InChI=1S/C31H38ClN3O5S/c1-21(2)18-33-31(37)24(5)34(19-25-10-13-27(40-6)14-11-25)30(36)20-35(26-12-9-23(4)29(32)17-26)41(38,39)28-15-7-22(3)8-16-28/h7-17,21,24H,18-20H2,1-6H3,(H,33,37)/t24-/m1/s1. The number of aryl methyl sites for hydroxylation is 2. The Bertz CT molecular complexity index is 1460. The second-order valence-electron chi connectivity index (χ2n) is 10.4. The van der Waals surface area contributed by atoms with E-state index in [1.165, 1.54) is 23.1 Å². The normalized spacial score (nSPS) is 12.1. The summed E-state index contributed by atoms with van der Waals surface area (Å²) in [4.78, 5) is 28.5. The van der Waals surface area contributed by atoms with Gasteiger partial charge in [-0.25, -0.2) is 8.42 Å². The summed E-state index contributed by atoms with van der Waals surface area (Å²) in [6, 6.07) is 17.5. The first-order valence-electron chi connectivity index (χ1n) is 13.4. The largest absolute Gasteiger partial charge is 0.497 e. The van der Waals surface area contributed by atoms with Gasteiger partial charge in [0.25, 0.3) is 10.0 Å². The summed E-state index contributed by atoms with van der Waals surface area (Å²) >= 11 is 6.38. The van der Waals surface area contributed by atoms with Crippen LogP contribution in [-0.4, -0.2) is 51.4 Å². The second kappa shape index (κ2) is 13.9. The van der Waals surface area contributed by atoms with Gasteiger partial charge in [0.15, 0.2) is 0 Å². The molecule has 2 amide bonds. The fourth-order valence-corrected chi connectivity index (χ4v) is 5.65. The van der Waals surface area contributed by atoms with Crippen LogP contribution in [0.5, 0.6) is 5.75 Å². The smallest absolute Gasteiger partial charge is 0.264 e. The van der Waals surface area contributed by atoms with Crippen LogP contribution in [0.2, 0.25) is 5.02 Å². The number of nitrogens with zero attached hydrogens (tertiary/aromatic N) is 2. The van der Waals surface area contributed by atoms with Gasteiger partial charge in [-0.15, -0.1) is 0 Å². The monoisotopic (exact) mass is 599 g/mol. The highest BCUT2D eigenvalue weighted by atomic mass is 35.5. The Morgan fingerprint density at radius 1 is 0.951 bits per heavy atom. The van der Waals surface area contributed by atoms with Gasteiger partial charge in [-0.1, -0.05) is 61.3 Å². The number of ether oxygens (including phenoxy) is 1. The molecule has 0 unspecified atom stereocenters. The van der Waals surface area contributed by atoms with E-state index in [0.717, 1.165) is 21.0 Å². The van der Waals surface area contributed by atoms with E-state index in [9.17, 15) is 18.0 Å². The quantitative estimate of drug-likeness (QED) is 0.303. The number of halogens is 1. The van der Waals surface area contributed by atoms with Crippen molar-refractivity contribution in [2.24, 2.45) is 5.92 Å². The molecule has 0 aliphatic carbocycles. The van der Waals surface area contributed by atoms with Crippen molar-refractivity contribution in [3.05, 3.63) is 88.4 Å². The third kappa shape index (κ3) is 8.24. The minimum absolute atomic E-state index is 0.0389. The van der Waals surface area contributed by atoms with E-state index >= 15 is 0 Å². The summed E-state index contributed by atoms with van der Waals surface area (Å²) in [5.41, 5.74) is 2.67. The molecule has 41 heavy (non-hydrogen) atoms.